The lowest BCUT2D eigenvalue weighted by atomic mass is 10.1. The Morgan fingerprint density at radius 2 is 1.93 bits per heavy atom. The Morgan fingerprint density at radius 1 is 1.29 bits per heavy atom. The zero-order valence-electron chi connectivity index (χ0n) is 7.96. The van der Waals surface area contributed by atoms with E-state index in [1.54, 1.807) is 0 Å². The summed E-state index contributed by atoms with van der Waals surface area (Å²) in [6.45, 7) is 3.66. The van der Waals surface area contributed by atoms with Crippen LogP contribution in [-0.4, -0.2) is 35.5 Å². The van der Waals surface area contributed by atoms with Gasteiger partial charge in [-0.25, -0.2) is 0 Å². The van der Waals surface area contributed by atoms with Gasteiger partial charge in [0.2, 0.25) is 0 Å². The van der Waals surface area contributed by atoms with Crippen LogP contribution in [0.5, 0.6) is 0 Å². The van der Waals surface area contributed by atoms with Gasteiger partial charge in [0, 0.05) is 0 Å². The van der Waals surface area contributed by atoms with Crippen molar-refractivity contribution in [3.63, 3.8) is 0 Å². The lowest BCUT2D eigenvalue weighted by Crippen LogP contribution is -2.61. The molecule has 0 spiro atoms. The Kier molecular flexibility index (Phi) is 1.83. The second-order valence-corrected chi connectivity index (χ2v) is 3.33. The Hall–Kier alpha value is -1.72. The smallest absolute Gasteiger partial charge is 0.255 e. The summed E-state index contributed by atoms with van der Waals surface area (Å²) in [4.78, 5) is 19.9. The van der Waals surface area contributed by atoms with Crippen molar-refractivity contribution in [1.29, 1.82) is 5.41 Å². The van der Waals surface area contributed by atoms with Crippen LogP contribution in [-0.2, 0) is 4.79 Å². The Morgan fingerprint density at radius 3 is 2.64 bits per heavy atom. The summed E-state index contributed by atoms with van der Waals surface area (Å²) in [5.41, 5.74) is 1.58. The highest BCUT2D eigenvalue weighted by Crippen LogP contribution is 2.11. The number of rotatable bonds is 0. The minimum atomic E-state index is -0.534. The van der Waals surface area contributed by atoms with E-state index < -0.39 is 12.2 Å². The second-order valence-electron chi connectivity index (χ2n) is 3.33. The Balaban J connectivity index is 2.32. The van der Waals surface area contributed by atoms with E-state index in [1.807, 2.05) is 13.8 Å². The van der Waals surface area contributed by atoms with Gasteiger partial charge in [-0.2, -0.15) is 0 Å². The summed E-state index contributed by atoms with van der Waals surface area (Å²) in [6, 6.07) is -0.534. The van der Waals surface area contributed by atoms with Crippen LogP contribution in [0.2, 0.25) is 0 Å². The first-order valence-electron chi connectivity index (χ1n) is 4.33. The number of fused-ring (bicyclic) bond motifs is 1. The Bertz CT molecular complexity index is 370. The summed E-state index contributed by atoms with van der Waals surface area (Å²) in [5, 5.41) is 12.4. The number of nitrogens with one attached hydrogen (secondary N) is 3. The van der Waals surface area contributed by atoms with Gasteiger partial charge < -0.3 is 5.32 Å². The SMILES string of the molecule is CC1=NC2NC(=N)NC(=O)C2N=C1C. The molecule has 14 heavy (non-hydrogen) atoms. The standard InChI is InChI=1S/C8H11N5O/c1-3-4(2)11-6-5(10-3)7(14)13-8(9)12-6/h5-6H,1-2H3,(H3,9,12,13,14). The number of hydrogen-bond donors (Lipinski definition) is 3. The van der Waals surface area contributed by atoms with Crippen LogP contribution in [0.15, 0.2) is 9.98 Å². The minimum Gasteiger partial charge on any atom is -0.332 e. The maximum atomic E-state index is 11.4. The molecular weight excluding hydrogens is 182 g/mol. The number of amides is 1. The van der Waals surface area contributed by atoms with E-state index in [-0.39, 0.29) is 11.9 Å². The highest BCUT2D eigenvalue weighted by molar-refractivity contribution is 6.41. The molecule has 2 aliphatic rings. The maximum Gasteiger partial charge on any atom is 0.255 e. The quantitative estimate of drug-likeness (QED) is 0.473. The van der Waals surface area contributed by atoms with Crippen LogP contribution in [0, 0.1) is 5.41 Å². The molecule has 2 unspecified atom stereocenters. The molecule has 6 heteroatoms. The van der Waals surface area contributed by atoms with Gasteiger partial charge in [0.25, 0.3) is 5.91 Å². The van der Waals surface area contributed by atoms with E-state index in [0.717, 1.165) is 11.4 Å². The molecule has 1 fully saturated rings. The van der Waals surface area contributed by atoms with Crippen molar-refractivity contribution < 1.29 is 4.79 Å². The van der Waals surface area contributed by atoms with Crippen molar-refractivity contribution >= 4 is 23.3 Å². The first kappa shape index (κ1) is 8.86. The second kappa shape index (κ2) is 2.90. The molecule has 2 aliphatic heterocycles. The fourth-order valence-electron chi connectivity index (χ4n) is 1.44. The van der Waals surface area contributed by atoms with Gasteiger partial charge in [0.15, 0.2) is 18.2 Å². The largest absolute Gasteiger partial charge is 0.332 e. The van der Waals surface area contributed by atoms with E-state index >= 15 is 0 Å². The number of hydrogen-bond acceptors (Lipinski definition) is 4. The summed E-state index contributed by atoms with van der Waals surface area (Å²) in [7, 11) is 0. The third kappa shape index (κ3) is 1.28. The van der Waals surface area contributed by atoms with Crippen molar-refractivity contribution in [2.24, 2.45) is 9.98 Å². The molecule has 0 saturated carbocycles. The van der Waals surface area contributed by atoms with Crippen LogP contribution in [0.1, 0.15) is 13.8 Å². The van der Waals surface area contributed by atoms with Gasteiger partial charge >= 0.3 is 0 Å². The van der Waals surface area contributed by atoms with Gasteiger partial charge in [0.1, 0.15) is 0 Å². The number of nitrogens with zero attached hydrogens (tertiary/aromatic N) is 2. The average molecular weight is 193 g/mol. The normalized spacial score (nSPS) is 31.0. The van der Waals surface area contributed by atoms with E-state index in [0.29, 0.717) is 0 Å². The number of aliphatic imine (C=N–C) groups is 2. The first-order valence-corrected chi connectivity index (χ1v) is 4.33. The van der Waals surface area contributed by atoms with Gasteiger partial charge in [-0.3, -0.25) is 25.5 Å². The summed E-state index contributed by atoms with van der Waals surface area (Å²) in [6.07, 6.45) is -0.417. The molecule has 0 bridgehead atoms. The fourth-order valence-corrected chi connectivity index (χ4v) is 1.44. The molecule has 0 aromatic rings. The summed E-state index contributed by atoms with van der Waals surface area (Å²) >= 11 is 0. The predicted octanol–water partition coefficient (Wildman–Crippen LogP) is -0.729. The molecule has 0 aromatic carbocycles. The monoisotopic (exact) mass is 193 g/mol. The summed E-state index contributed by atoms with van der Waals surface area (Å²) in [5.74, 6) is -0.281. The molecule has 0 aromatic heterocycles. The highest BCUT2D eigenvalue weighted by atomic mass is 16.2. The van der Waals surface area contributed by atoms with Crippen molar-refractivity contribution in [2.75, 3.05) is 0 Å². The molecule has 1 amide bonds. The van der Waals surface area contributed by atoms with Gasteiger partial charge in [-0.05, 0) is 13.8 Å². The lowest BCUT2D eigenvalue weighted by molar-refractivity contribution is -0.122. The molecule has 0 aliphatic carbocycles. The number of guanidine groups is 1. The van der Waals surface area contributed by atoms with Crippen molar-refractivity contribution in [3.8, 4) is 0 Å². The first-order chi connectivity index (χ1) is 6.58. The molecule has 0 radical (unpaired) electrons. The van der Waals surface area contributed by atoms with Crippen molar-refractivity contribution in [1.82, 2.24) is 10.6 Å². The molecule has 2 heterocycles. The maximum absolute atomic E-state index is 11.4. The predicted molar refractivity (Wildman–Crippen MR) is 52.8 cm³/mol. The van der Waals surface area contributed by atoms with Crippen LogP contribution in [0.3, 0.4) is 0 Å². The zero-order valence-corrected chi connectivity index (χ0v) is 7.96. The third-order valence-corrected chi connectivity index (χ3v) is 2.30. The summed E-state index contributed by atoms with van der Waals surface area (Å²) < 4.78 is 0. The van der Waals surface area contributed by atoms with Gasteiger partial charge in [-0.15, -0.1) is 0 Å². The third-order valence-electron chi connectivity index (χ3n) is 2.30. The Labute approximate surface area is 81.0 Å². The van der Waals surface area contributed by atoms with Crippen LogP contribution < -0.4 is 10.6 Å². The molecule has 1 saturated heterocycles. The van der Waals surface area contributed by atoms with E-state index in [1.165, 1.54) is 0 Å². The van der Waals surface area contributed by atoms with Crippen LogP contribution in [0.4, 0.5) is 0 Å². The minimum absolute atomic E-state index is 0.0115. The zero-order chi connectivity index (χ0) is 10.3. The number of carbonyl (C=O) groups is 1. The molecule has 3 N–H and O–H groups in total. The lowest BCUT2D eigenvalue weighted by Gasteiger charge is -2.31. The molecule has 2 rings (SSSR count). The number of carbonyl (C=O) groups excluding carboxylic acids is 1. The van der Waals surface area contributed by atoms with Crippen molar-refractivity contribution in [2.45, 2.75) is 26.1 Å². The van der Waals surface area contributed by atoms with Crippen LogP contribution >= 0.6 is 0 Å². The van der Waals surface area contributed by atoms with Crippen LogP contribution in [0.25, 0.3) is 0 Å². The van der Waals surface area contributed by atoms with Gasteiger partial charge in [0.05, 0.1) is 11.4 Å². The topological polar surface area (TPSA) is 89.7 Å². The molecule has 6 nitrogen and oxygen atoms in total. The average Bonchev–Trinajstić information content (AvgIpc) is 2.08. The van der Waals surface area contributed by atoms with E-state index in [4.69, 9.17) is 5.41 Å². The van der Waals surface area contributed by atoms with E-state index in [9.17, 15) is 4.79 Å². The van der Waals surface area contributed by atoms with Gasteiger partial charge in [-0.1, -0.05) is 0 Å². The molecule has 2 atom stereocenters. The van der Waals surface area contributed by atoms with Crippen molar-refractivity contribution in [3.05, 3.63) is 0 Å². The molecule has 74 valence electrons. The highest BCUT2D eigenvalue weighted by Gasteiger charge is 2.35. The van der Waals surface area contributed by atoms with E-state index in [2.05, 4.69) is 20.6 Å². The fraction of sp³-hybridized carbons (Fsp3) is 0.500. The molecular formula is C8H11N5O.